The fraction of sp³-hybridized carbons (Fsp3) is 0.440. The van der Waals surface area contributed by atoms with Gasteiger partial charge in [0, 0.05) is 51.0 Å². The molecule has 0 unspecified atom stereocenters. The van der Waals surface area contributed by atoms with Crippen molar-refractivity contribution >= 4 is 28.6 Å². The average Bonchev–Trinajstić information content (AvgIpc) is 3.34. The highest BCUT2D eigenvalue weighted by atomic mass is 16.5. The highest BCUT2D eigenvalue weighted by Crippen LogP contribution is 2.32. The fourth-order valence-electron chi connectivity index (χ4n) is 4.75. The Kier molecular flexibility index (Phi) is 6.91. The third-order valence-electron chi connectivity index (χ3n) is 6.66. The van der Waals surface area contributed by atoms with Gasteiger partial charge in [-0.25, -0.2) is 19.4 Å². The molecule has 2 fully saturated rings. The zero-order chi connectivity index (χ0) is 24.2. The molecule has 0 spiro atoms. The molecule has 2 aliphatic rings. The largest absolute Gasteiger partial charge is 0.378 e. The number of anilines is 2. The standard InChI is InChI=1S/C25H32N8O2/c1-3-10-31-11-8-20(9-12-31)33-24-21(17-27-33)23(32-13-15-35-16-14-32)29-22(30-24)18-4-6-19(7-5-18)28-25(34)26-2/h3-7,17,20H,1,8-16H2,2H3,(H2,26,28,34). The van der Waals surface area contributed by atoms with Crippen LogP contribution in [0.2, 0.25) is 0 Å². The second kappa shape index (κ2) is 10.4. The number of likely N-dealkylation sites (tertiary alicyclic amines) is 1. The van der Waals surface area contributed by atoms with Crippen LogP contribution in [0.1, 0.15) is 18.9 Å². The number of nitrogens with one attached hydrogen (secondary N) is 2. The minimum atomic E-state index is -0.256. The number of carbonyl (C=O) groups excluding carboxylic acids is 1. The number of carbonyl (C=O) groups is 1. The highest BCUT2D eigenvalue weighted by molar-refractivity contribution is 5.90. The number of rotatable bonds is 6. The van der Waals surface area contributed by atoms with E-state index < -0.39 is 0 Å². The molecule has 10 heteroatoms. The summed E-state index contributed by atoms with van der Waals surface area (Å²) in [4.78, 5) is 26.3. The molecule has 3 aromatic rings. The lowest BCUT2D eigenvalue weighted by atomic mass is 10.1. The number of piperidine rings is 1. The third-order valence-corrected chi connectivity index (χ3v) is 6.66. The predicted octanol–water partition coefficient (Wildman–Crippen LogP) is 2.90. The van der Waals surface area contributed by atoms with E-state index in [4.69, 9.17) is 19.8 Å². The van der Waals surface area contributed by atoms with Gasteiger partial charge in [-0.05, 0) is 37.1 Å². The number of fused-ring (bicyclic) bond motifs is 1. The predicted molar refractivity (Wildman–Crippen MR) is 137 cm³/mol. The Balaban J connectivity index is 1.51. The van der Waals surface area contributed by atoms with E-state index in [9.17, 15) is 4.79 Å². The third kappa shape index (κ3) is 4.98. The van der Waals surface area contributed by atoms with Gasteiger partial charge in [0.1, 0.15) is 5.82 Å². The second-order valence-corrected chi connectivity index (χ2v) is 8.90. The molecule has 184 valence electrons. The summed E-state index contributed by atoms with van der Waals surface area (Å²) < 4.78 is 7.67. The molecule has 0 bridgehead atoms. The van der Waals surface area contributed by atoms with Gasteiger partial charge < -0.3 is 20.3 Å². The molecular weight excluding hydrogens is 444 g/mol. The summed E-state index contributed by atoms with van der Waals surface area (Å²) in [6.45, 7) is 9.75. The minimum Gasteiger partial charge on any atom is -0.378 e. The second-order valence-electron chi connectivity index (χ2n) is 8.90. The molecule has 0 aliphatic carbocycles. The van der Waals surface area contributed by atoms with Gasteiger partial charge in [0.2, 0.25) is 0 Å². The zero-order valence-electron chi connectivity index (χ0n) is 20.1. The first-order valence-electron chi connectivity index (χ1n) is 12.2. The number of aromatic nitrogens is 4. The molecule has 2 N–H and O–H groups in total. The maximum absolute atomic E-state index is 11.6. The van der Waals surface area contributed by atoms with Crippen LogP contribution in [-0.2, 0) is 4.74 Å². The van der Waals surface area contributed by atoms with Crippen LogP contribution in [0.15, 0.2) is 43.1 Å². The molecule has 2 saturated heterocycles. The van der Waals surface area contributed by atoms with Crippen molar-refractivity contribution in [1.29, 1.82) is 0 Å². The minimum absolute atomic E-state index is 0.256. The lowest BCUT2D eigenvalue weighted by Gasteiger charge is -2.31. The van der Waals surface area contributed by atoms with Crippen molar-refractivity contribution in [3.63, 3.8) is 0 Å². The van der Waals surface area contributed by atoms with Gasteiger partial charge in [0.15, 0.2) is 11.5 Å². The number of amides is 2. The van der Waals surface area contributed by atoms with E-state index in [1.165, 1.54) is 0 Å². The normalized spacial score (nSPS) is 17.5. The smallest absolute Gasteiger partial charge is 0.318 e. The first-order valence-corrected chi connectivity index (χ1v) is 12.2. The van der Waals surface area contributed by atoms with E-state index in [1.807, 2.05) is 36.5 Å². The van der Waals surface area contributed by atoms with Crippen LogP contribution in [-0.4, -0.2) is 83.7 Å². The summed E-state index contributed by atoms with van der Waals surface area (Å²) in [6, 6.07) is 7.63. The van der Waals surface area contributed by atoms with E-state index in [0.717, 1.165) is 68.0 Å². The molecular formula is C25H32N8O2. The van der Waals surface area contributed by atoms with Crippen LogP contribution >= 0.6 is 0 Å². The number of morpholine rings is 1. The van der Waals surface area contributed by atoms with Gasteiger partial charge in [-0.1, -0.05) is 6.08 Å². The van der Waals surface area contributed by atoms with E-state index in [2.05, 4.69) is 31.7 Å². The SMILES string of the molecule is C=CCN1CCC(n2ncc3c(N4CCOCC4)nc(-c4ccc(NC(=O)NC)cc4)nc32)CC1. The van der Waals surface area contributed by atoms with Crippen molar-refractivity contribution in [2.75, 3.05) is 63.2 Å². The number of urea groups is 1. The Bertz CT molecular complexity index is 1180. The number of benzene rings is 1. The number of ether oxygens (including phenoxy) is 1. The summed E-state index contributed by atoms with van der Waals surface area (Å²) in [7, 11) is 1.59. The zero-order valence-corrected chi connectivity index (χ0v) is 20.1. The molecule has 0 radical (unpaired) electrons. The Labute approximate surface area is 205 Å². The molecule has 2 amide bonds. The Morgan fingerprint density at radius 1 is 1.14 bits per heavy atom. The highest BCUT2D eigenvalue weighted by Gasteiger charge is 2.26. The summed E-state index contributed by atoms with van der Waals surface area (Å²) in [5, 5.41) is 11.1. The molecule has 2 aliphatic heterocycles. The lowest BCUT2D eigenvalue weighted by molar-refractivity contribution is 0.122. The maximum Gasteiger partial charge on any atom is 0.318 e. The first kappa shape index (κ1) is 23.3. The van der Waals surface area contributed by atoms with Crippen molar-refractivity contribution in [2.24, 2.45) is 0 Å². The van der Waals surface area contributed by atoms with Gasteiger partial charge in [-0.2, -0.15) is 5.10 Å². The monoisotopic (exact) mass is 476 g/mol. The van der Waals surface area contributed by atoms with Gasteiger partial charge >= 0.3 is 6.03 Å². The number of hydrogen-bond acceptors (Lipinski definition) is 7. The van der Waals surface area contributed by atoms with Crippen LogP contribution in [0.4, 0.5) is 16.3 Å². The molecule has 5 rings (SSSR count). The Hall–Kier alpha value is -3.50. The Morgan fingerprint density at radius 3 is 2.57 bits per heavy atom. The molecule has 0 saturated carbocycles. The van der Waals surface area contributed by atoms with Crippen LogP contribution in [0.3, 0.4) is 0 Å². The van der Waals surface area contributed by atoms with Crippen molar-refractivity contribution in [1.82, 2.24) is 30.0 Å². The molecule has 1 aromatic carbocycles. The van der Waals surface area contributed by atoms with Crippen LogP contribution in [0, 0.1) is 0 Å². The van der Waals surface area contributed by atoms with Crippen molar-refractivity contribution in [3.8, 4) is 11.4 Å². The molecule has 35 heavy (non-hydrogen) atoms. The molecule has 2 aromatic heterocycles. The van der Waals surface area contributed by atoms with Gasteiger partial charge in [-0.15, -0.1) is 6.58 Å². The molecule has 10 nitrogen and oxygen atoms in total. The van der Waals surface area contributed by atoms with E-state index in [-0.39, 0.29) is 6.03 Å². The summed E-state index contributed by atoms with van der Waals surface area (Å²) >= 11 is 0. The van der Waals surface area contributed by atoms with E-state index in [1.54, 1.807) is 7.05 Å². The fourth-order valence-corrected chi connectivity index (χ4v) is 4.75. The molecule has 0 atom stereocenters. The van der Waals surface area contributed by atoms with Crippen molar-refractivity contribution in [3.05, 3.63) is 43.1 Å². The van der Waals surface area contributed by atoms with Crippen LogP contribution in [0.25, 0.3) is 22.4 Å². The topological polar surface area (TPSA) is 100 Å². The summed E-state index contributed by atoms with van der Waals surface area (Å²) in [5.74, 6) is 1.55. The van der Waals surface area contributed by atoms with Crippen molar-refractivity contribution < 1.29 is 9.53 Å². The van der Waals surface area contributed by atoms with Crippen molar-refractivity contribution in [2.45, 2.75) is 18.9 Å². The van der Waals surface area contributed by atoms with Gasteiger partial charge in [-0.3, -0.25) is 4.90 Å². The van der Waals surface area contributed by atoms with Gasteiger partial charge in [0.25, 0.3) is 0 Å². The summed E-state index contributed by atoms with van der Waals surface area (Å²) in [6.07, 6.45) is 5.93. The Morgan fingerprint density at radius 2 is 1.89 bits per heavy atom. The van der Waals surface area contributed by atoms with E-state index >= 15 is 0 Å². The number of nitrogens with zero attached hydrogens (tertiary/aromatic N) is 6. The number of hydrogen-bond donors (Lipinski definition) is 2. The van der Waals surface area contributed by atoms with Gasteiger partial charge in [0.05, 0.1) is 30.8 Å². The average molecular weight is 477 g/mol. The molecule has 4 heterocycles. The summed E-state index contributed by atoms with van der Waals surface area (Å²) in [5.41, 5.74) is 2.46. The lowest BCUT2D eigenvalue weighted by Crippen LogP contribution is -2.37. The van der Waals surface area contributed by atoms with Crippen LogP contribution < -0.4 is 15.5 Å². The van der Waals surface area contributed by atoms with Crippen LogP contribution in [0.5, 0.6) is 0 Å². The quantitative estimate of drug-likeness (QED) is 0.528. The van der Waals surface area contributed by atoms with E-state index in [0.29, 0.717) is 30.8 Å². The first-order chi connectivity index (χ1) is 17.2. The maximum atomic E-state index is 11.6.